The van der Waals surface area contributed by atoms with E-state index in [0.29, 0.717) is 60.2 Å². The quantitative estimate of drug-likeness (QED) is 0.118. The van der Waals surface area contributed by atoms with E-state index in [1.807, 2.05) is 60.7 Å². The normalized spacial score (nSPS) is 12.6. The van der Waals surface area contributed by atoms with Gasteiger partial charge in [-0.25, -0.2) is 22.6 Å². The molecule has 292 valence electrons. The molecule has 1 aromatic heterocycles. The van der Waals surface area contributed by atoms with Crippen LogP contribution in [-0.2, 0) is 40.6 Å². The topological polar surface area (TPSA) is 148 Å². The van der Waals surface area contributed by atoms with Gasteiger partial charge in [-0.3, -0.25) is 9.59 Å². The Morgan fingerprint density at radius 2 is 1.58 bits per heavy atom. The smallest absolute Gasteiger partial charge is 0.359 e. The molecule has 0 aliphatic carbocycles. The molecule has 5 aromatic carbocycles. The Kier molecular flexibility index (Phi) is 11.6. The van der Waals surface area contributed by atoms with Gasteiger partial charge in [0.25, 0.3) is 21.8 Å². The fourth-order valence-electron chi connectivity index (χ4n) is 7.29. The number of unbranched alkanes of at least 4 members (excludes halogenated alkanes) is 1. The van der Waals surface area contributed by atoms with Gasteiger partial charge in [-0.2, -0.15) is 5.10 Å². The minimum Gasteiger partial charge on any atom is -0.461 e. The number of nitrogens with one attached hydrogen (secondary N) is 1. The molecule has 0 atom stereocenters. The van der Waals surface area contributed by atoms with Gasteiger partial charge in [-0.1, -0.05) is 86.1 Å². The summed E-state index contributed by atoms with van der Waals surface area (Å²) < 4.78 is 36.6. The monoisotopic (exact) mass is 784 g/mol. The van der Waals surface area contributed by atoms with Crippen molar-refractivity contribution in [2.24, 2.45) is 0 Å². The van der Waals surface area contributed by atoms with E-state index in [1.165, 1.54) is 24.3 Å². The summed E-state index contributed by atoms with van der Waals surface area (Å²) in [6, 6.07) is 31.8. The van der Waals surface area contributed by atoms with Crippen molar-refractivity contribution in [1.82, 2.24) is 19.4 Å². The molecule has 0 spiro atoms. The first kappa shape index (κ1) is 39.1. The molecule has 6 aromatic rings. The number of hydrogen-bond donors (Lipinski definition) is 2. The van der Waals surface area contributed by atoms with Gasteiger partial charge in [-0.05, 0) is 102 Å². The number of sulfonamides is 1. The summed E-state index contributed by atoms with van der Waals surface area (Å²) in [7, 11) is -4.31. The Hall–Kier alpha value is -6.11. The minimum atomic E-state index is -4.31. The van der Waals surface area contributed by atoms with Crippen molar-refractivity contribution in [3.63, 3.8) is 0 Å². The van der Waals surface area contributed by atoms with Crippen LogP contribution in [0.5, 0.6) is 0 Å². The molecule has 2 N–H and O–H groups in total. The second-order valence-corrected chi connectivity index (χ2v) is 15.7. The first-order valence-corrected chi connectivity index (χ1v) is 20.7. The van der Waals surface area contributed by atoms with Crippen LogP contribution >= 0.6 is 0 Å². The molecule has 0 unspecified atom stereocenters. The van der Waals surface area contributed by atoms with Gasteiger partial charge in [0, 0.05) is 36.4 Å². The van der Waals surface area contributed by atoms with Gasteiger partial charge in [-0.15, -0.1) is 0 Å². The predicted molar refractivity (Wildman–Crippen MR) is 218 cm³/mol. The van der Waals surface area contributed by atoms with E-state index in [4.69, 9.17) is 9.84 Å². The SMILES string of the molecule is CCCCc1c(-c2ccc(C(=O)NS(=O)(=O)c3ccc4ccccc4c3)cc2C(=O)N2CCc3ccccc3C2)c(C(=O)OCC)nn1-c1ccc(CCO)cc1. The molecule has 0 fully saturated rings. The average Bonchev–Trinajstić information content (AvgIpc) is 3.61. The number of aromatic nitrogens is 2. The zero-order valence-electron chi connectivity index (χ0n) is 31.9. The van der Waals surface area contributed by atoms with E-state index in [9.17, 15) is 27.9 Å². The van der Waals surface area contributed by atoms with Gasteiger partial charge >= 0.3 is 5.97 Å². The van der Waals surface area contributed by atoms with Gasteiger partial charge in [0.05, 0.1) is 22.9 Å². The number of carbonyl (C=O) groups excluding carboxylic acids is 3. The molecule has 57 heavy (non-hydrogen) atoms. The van der Waals surface area contributed by atoms with Gasteiger partial charge < -0.3 is 14.7 Å². The van der Waals surface area contributed by atoms with E-state index >= 15 is 0 Å². The summed E-state index contributed by atoms with van der Waals surface area (Å²) in [5.74, 6) is -1.97. The second-order valence-electron chi connectivity index (χ2n) is 14.0. The van der Waals surface area contributed by atoms with Crippen molar-refractivity contribution in [3.8, 4) is 16.8 Å². The number of benzene rings is 5. The van der Waals surface area contributed by atoms with Crippen molar-refractivity contribution in [3.05, 3.63) is 148 Å². The number of ether oxygens (including phenoxy) is 1. The Bertz CT molecular complexity index is 2580. The zero-order chi connectivity index (χ0) is 40.1. The highest BCUT2D eigenvalue weighted by atomic mass is 32.2. The van der Waals surface area contributed by atoms with E-state index in [-0.39, 0.29) is 40.8 Å². The second kappa shape index (κ2) is 16.9. The van der Waals surface area contributed by atoms with Crippen LogP contribution < -0.4 is 4.72 Å². The van der Waals surface area contributed by atoms with E-state index < -0.39 is 21.9 Å². The lowest BCUT2D eigenvalue weighted by molar-refractivity contribution is 0.0519. The Morgan fingerprint density at radius 3 is 2.32 bits per heavy atom. The van der Waals surface area contributed by atoms with Crippen LogP contribution in [0.3, 0.4) is 0 Å². The fraction of sp³-hybridized carbons (Fsp3) is 0.244. The highest BCUT2D eigenvalue weighted by Crippen LogP contribution is 2.36. The molecule has 2 heterocycles. The number of aliphatic hydroxyl groups is 1. The molecule has 1 aliphatic rings. The largest absolute Gasteiger partial charge is 0.461 e. The number of nitrogens with zero attached hydrogens (tertiary/aromatic N) is 3. The Morgan fingerprint density at radius 1 is 0.842 bits per heavy atom. The van der Waals surface area contributed by atoms with Crippen molar-refractivity contribution in [1.29, 1.82) is 0 Å². The van der Waals surface area contributed by atoms with Crippen LogP contribution in [0.2, 0.25) is 0 Å². The summed E-state index contributed by atoms with van der Waals surface area (Å²) in [5, 5.41) is 15.8. The van der Waals surface area contributed by atoms with Crippen molar-refractivity contribution in [2.75, 3.05) is 19.8 Å². The third-order valence-electron chi connectivity index (χ3n) is 10.3. The van der Waals surface area contributed by atoms with Gasteiger partial charge in [0.2, 0.25) is 0 Å². The molecule has 0 bridgehead atoms. The molecule has 7 rings (SSSR count). The van der Waals surface area contributed by atoms with E-state index in [1.54, 1.807) is 40.8 Å². The first-order chi connectivity index (χ1) is 27.6. The van der Waals surface area contributed by atoms with Crippen LogP contribution in [0, 0.1) is 0 Å². The molecule has 1 aliphatic heterocycles. The molecule has 0 saturated carbocycles. The molecule has 11 nitrogen and oxygen atoms in total. The molecule has 0 saturated heterocycles. The lowest BCUT2D eigenvalue weighted by Crippen LogP contribution is -2.36. The van der Waals surface area contributed by atoms with Crippen LogP contribution in [-0.4, -0.2) is 65.7 Å². The predicted octanol–water partition coefficient (Wildman–Crippen LogP) is 7.06. The molecular weight excluding hydrogens is 741 g/mol. The summed E-state index contributed by atoms with van der Waals surface area (Å²) in [5.41, 5.74) is 5.27. The van der Waals surface area contributed by atoms with Crippen LogP contribution in [0.25, 0.3) is 27.6 Å². The lowest BCUT2D eigenvalue weighted by atomic mass is 9.92. The number of rotatable bonds is 13. The molecular formula is C45H44N4O7S. The summed E-state index contributed by atoms with van der Waals surface area (Å²) in [6.45, 7) is 4.59. The first-order valence-electron chi connectivity index (χ1n) is 19.2. The van der Waals surface area contributed by atoms with E-state index in [0.717, 1.165) is 34.9 Å². The highest BCUT2D eigenvalue weighted by Gasteiger charge is 2.32. The number of fused-ring (bicyclic) bond motifs is 2. The van der Waals surface area contributed by atoms with Gasteiger partial charge in [0.15, 0.2) is 5.69 Å². The van der Waals surface area contributed by atoms with E-state index in [2.05, 4.69) is 11.6 Å². The average molecular weight is 785 g/mol. The number of hydrogen-bond acceptors (Lipinski definition) is 8. The van der Waals surface area contributed by atoms with Crippen LogP contribution in [0.4, 0.5) is 0 Å². The summed E-state index contributed by atoms with van der Waals surface area (Å²) >= 11 is 0. The maximum atomic E-state index is 14.8. The highest BCUT2D eigenvalue weighted by molar-refractivity contribution is 7.90. The Labute approximate surface area is 332 Å². The zero-order valence-corrected chi connectivity index (χ0v) is 32.7. The molecule has 0 radical (unpaired) electrons. The van der Waals surface area contributed by atoms with Gasteiger partial charge in [0.1, 0.15) is 0 Å². The Balaban J connectivity index is 1.36. The van der Waals surface area contributed by atoms with Crippen molar-refractivity contribution < 1.29 is 32.6 Å². The third-order valence-corrected chi connectivity index (χ3v) is 11.6. The summed E-state index contributed by atoms with van der Waals surface area (Å²) in [4.78, 5) is 44.1. The van der Waals surface area contributed by atoms with Crippen LogP contribution in [0.15, 0.2) is 114 Å². The maximum Gasteiger partial charge on any atom is 0.359 e. The number of carbonyl (C=O) groups is 3. The molecule has 12 heteroatoms. The number of esters is 1. The fourth-order valence-corrected chi connectivity index (χ4v) is 8.30. The lowest BCUT2D eigenvalue weighted by Gasteiger charge is -2.29. The minimum absolute atomic E-state index is 0.00279. The van der Waals surface area contributed by atoms with Crippen LogP contribution in [0.1, 0.15) is 80.3 Å². The molecule has 2 amide bonds. The van der Waals surface area contributed by atoms with Crippen molar-refractivity contribution >= 4 is 38.6 Å². The summed E-state index contributed by atoms with van der Waals surface area (Å²) in [6.07, 6.45) is 3.17. The maximum absolute atomic E-state index is 14.8. The third kappa shape index (κ3) is 8.23. The number of amides is 2. The standard InChI is InChI=1S/C45H44N4O7S/c1-3-5-14-40-41(42(45(53)56-4-2)46-49(40)36-19-15-30(16-20-36)24-26-50)38-22-18-34(28-39(38)44(52)48-25-23-32-11-7-9-13-35(32)29-48)43(51)47-57(54,55)37-21-17-31-10-6-8-12-33(31)27-37/h6-13,15-22,27-28,50H,3-5,14,23-26,29H2,1-2H3,(H,47,51). The van der Waals surface area contributed by atoms with Crippen molar-refractivity contribution in [2.45, 2.75) is 57.4 Å². The number of aliphatic hydroxyl groups excluding tert-OH is 1.